The van der Waals surface area contributed by atoms with Crippen molar-refractivity contribution in [2.24, 2.45) is 28.6 Å². The highest BCUT2D eigenvalue weighted by Crippen LogP contribution is 2.73. The van der Waals surface area contributed by atoms with Gasteiger partial charge in [0.1, 0.15) is 17.8 Å². The number of fused-ring (bicyclic) bond motifs is 4. The van der Waals surface area contributed by atoms with E-state index in [1.807, 2.05) is 13.8 Å². The Balaban J connectivity index is 1.72. The Morgan fingerprint density at radius 3 is 2.19 bits per heavy atom. The molecule has 11 atom stereocenters. The van der Waals surface area contributed by atoms with Gasteiger partial charge in [0.2, 0.25) is 0 Å². The summed E-state index contributed by atoms with van der Waals surface area (Å²) in [6, 6.07) is 0. The average Bonchev–Trinajstić information content (AvgIpc) is 3.35. The minimum Gasteiger partial charge on any atom is -0.462 e. The summed E-state index contributed by atoms with van der Waals surface area (Å²) < 4.78 is 17.6. The largest absolute Gasteiger partial charge is 0.462 e. The second-order valence-electron chi connectivity index (χ2n) is 12.1. The molecule has 5 fully saturated rings. The average molecular weight is 453 g/mol. The first-order valence-corrected chi connectivity index (χ1v) is 11.8. The molecular formula is C24H36O8. The lowest BCUT2D eigenvalue weighted by molar-refractivity contribution is -0.230. The van der Waals surface area contributed by atoms with Crippen LogP contribution in [-0.4, -0.2) is 68.5 Å². The van der Waals surface area contributed by atoms with Gasteiger partial charge in [0.05, 0.1) is 23.4 Å². The Labute approximate surface area is 188 Å². The molecule has 32 heavy (non-hydrogen) atoms. The normalized spacial score (nSPS) is 57.0. The number of hydrogen-bond donors (Lipinski definition) is 3. The van der Waals surface area contributed by atoms with Crippen LogP contribution >= 0.6 is 0 Å². The maximum Gasteiger partial charge on any atom is 0.303 e. The van der Waals surface area contributed by atoms with Crippen molar-refractivity contribution in [3.63, 3.8) is 0 Å². The number of aliphatic hydroxyl groups is 3. The number of carbonyl (C=O) groups is 2. The Hall–Kier alpha value is -1.22. The fraction of sp³-hybridized carbons (Fsp3) is 0.917. The van der Waals surface area contributed by atoms with Gasteiger partial charge in [-0.2, -0.15) is 0 Å². The van der Waals surface area contributed by atoms with E-state index in [1.54, 1.807) is 13.8 Å². The summed E-state index contributed by atoms with van der Waals surface area (Å²) >= 11 is 0. The monoisotopic (exact) mass is 452 g/mol. The Kier molecular flexibility index (Phi) is 4.41. The van der Waals surface area contributed by atoms with Crippen LogP contribution in [-0.2, 0) is 23.8 Å². The van der Waals surface area contributed by atoms with E-state index >= 15 is 0 Å². The van der Waals surface area contributed by atoms with Gasteiger partial charge in [-0.25, -0.2) is 0 Å². The van der Waals surface area contributed by atoms with Gasteiger partial charge in [-0.05, 0) is 45.4 Å². The van der Waals surface area contributed by atoms with Gasteiger partial charge in [0.25, 0.3) is 0 Å². The molecule has 5 rings (SSSR count). The van der Waals surface area contributed by atoms with Gasteiger partial charge in [0.15, 0.2) is 0 Å². The van der Waals surface area contributed by atoms with E-state index < -0.39 is 57.7 Å². The summed E-state index contributed by atoms with van der Waals surface area (Å²) in [6.07, 6.45) is -0.447. The fourth-order valence-electron chi connectivity index (χ4n) is 8.91. The first-order chi connectivity index (χ1) is 14.6. The number of hydrogen-bond acceptors (Lipinski definition) is 8. The molecule has 8 heteroatoms. The molecule has 0 aromatic carbocycles. The van der Waals surface area contributed by atoms with Crippen molar-refractivity contribution in [1.82, 2.24) is 0 Å². The summed E-state index contributed by atoms with van der Waals surface area (Å²) in [7, 11) is 0. The van der Waals surface area contributed by atoms with Gasteiger partial charge in [0, 0.05) is 36.5 Å². The van der Waals surface area contributed by atoms with Gasteiger partial charge in [-0.15, -0.1) is 0 Å². The van der Waals surface area contributed by atoms with E-state index in [1.165, 1.54) is 13.8 Å². The third-order valence-electron chi connectivity index (χ3n) is 9.94. The number of ether oxygens (including phenoxy) is 3. The zero-order chi connectivity index (χ0) is 23.6. The van der Waals surface area contributed by atoms with E-state index in [-0.39, 0.29) is 30.5 Å². The molecule has 1 saturated heterocycles. The molecule has 2 unspecified atom stereocenters. The Bertz CT molecular complexity index is 864. The van der Waals surface area contributed by atoms with Crippen LogP contribution in [0.5, 0.6) is 0 Å². The van der Waals surface area contributed by atoms with Crippen LogP contribution in [0.2, 0.25) is 0 Å². The Morgan fingerprint density at radius 2 is 1.59 bits per heavy atom. The minimum atomic E-state index is -1.54. The van der Waals surface area contributed by atoms with E-state index in [0.717, 1.165) is 0 Å². The van der Waals surface area contributed by atoms with Crippen LogP contribution in [0.25, 0.3) is 0 Å². The van der Waals surface area contributed by atoms with Crippen molar-refractivity contribution in [3.8, 4) is 0 Å². The molecule has 4 saturated carbocycles. The highest BCUT2D eigenvalue weighted by Gasteiger charge is 2.84. The highest BCUT2D eigenvalue weighted by atomic mass is 16.6. The zero-order valence-electron chi connectivity index (χ0n) is 19.8. The molecule has 0 amide bonds. The van der Waals surface area contributed by atoms with Crippen LogP contribution < -0.4 is 0 Å². The van der Waals surface area contributed by atoms with Crippen molar-refractivity contribution in [2.45, 2.75) is 108 Å². The summed E-state index contributed by atoms with van der Waals surface area (Å²) in [5, 5.41) is 35.9. The maximum atomic E-state index is 12.3. The smallest absolute Gasteiger partial charge is 0.303 e. The summed E-state index contributed by atoms with van der Waals surface area (Å²) in [5.41, 5.74) is -5.65. The Morgan fingerprint density at radius 1 is 0.969 bits per heavy atom. The van der Waals surface area contributed by atoms with E-state index in [9.17, 15) is 24.9 Å². The van der Waals surface area contributed by atoms with Crippen molar-refractivity contribution in [2.75, 3.05) is 0 Å². The van der Waals surface area contributed by atoms with Crippen LogP contribution in [0.3, 0.4) is 0 Å². The quantitative estimate of drug-likeness (QED) is 0.423. The number of esters is 2. The maximum absolute atomic E-state index is 12.3. The summed E-state index contributed by atoms with van der Waals surface area (Å²) in [4.78, 5) is 24.3. The predicted molar refractivity (Wildman–Crippen MR) is 111 cm³/mol. The standard InChI is InChI=1S/C24H36O8/c1-11(25)30-15-9-23-10-21(5,27)13(18(23)31-12(2)26)7-8-14(23)22(6,28)17-16-19(32-16)20(3,4)24(15,17)29/h13-19,27-29H,7-10H2,1-6H3/t13-,14+,15-,16+,17?,18-,19+,21-,22?,23+,24-/m1/s1. The number of rotatable bonds is 2. The van der Waals surface area contributed by atoms with Crippen molar-refractivity contribution >= 4 is 11.9 Å². The molecule has 5 aliphatic rings. The molecule has 3 N–H and O–H groups in total. The predicted octanol–water partition coefficient (Wildman–Crippen LogP) is 1.33. The summed E-state index contributed by atoms with van der Waals surface area (Å²) in [6.45, 7) is 9.95. The van der Waals surface area contributed by atoms with E-state index in [2.05, 4.69) is 0 Å². The molecule has 0 aromatic heterocycles. The fourth-order valence-corrected chi connectivity index (χ4v) is 8.91. The number of carbonyl (C=O) groups excluding carboxylic acids is 2. The van der Waals surface area contributed by atoms with Crippen LogP contribution in [0, 0.1) is 28.6 Å². The molecule has 2 bridgehead atoms. The third-order valence-corrected chi connectivity index (χ3v) is 9.94. The van der Waals surface area contributed by atoms with E-state index in [4.69, 9.17) is 14.2 Å². The SMILES string of the molecule is CC(=O)O[C@@H]1[C@H]2CC[C@H]3C(C)(O)C4[C@@H]5O[C@@H]5C(C)(C)[C@@]4(O)[C@H](OC(C)=O)C[C@@]13C[C@@]2(C)O. The third kappa shape index (κ3) is 2.53. The lowest BCUT2D eigenvalue weighted by Gasteiger charge is -2.52. The van der Waals surface area contributed by atoms with Crippen molar-refractivity contribution in [3.05, 3.63) is 0 Å². The molecular weight excluding hydrogens is 416 g/mol. The lowest BCUT2D eigenvalue weighted by atomic mass is 9.57. The second-order valence-corrected chi connectivity index (χ2v) is 12.1. The highest BCUT2D eigenvalue weighted by molar-refractivity contribution is 5.67. The molecule has 0 radical (unpaired) electrons. The molecule has 180 valence electrons. The van der Waals surface area contributed by atoms with Crippen molar-refractivity contribution < 1.29 is 39.1 Å². The molecule has 8 nitrogen and oxygen atoms in total. The van der Waals surface area contributed by atoms with Gasteiger partial charge in [-0.3, -0.25) is 9.59 Å². The minimum absolute atomic E-state index is 0.202. The van der Waals surface area contributed by atoms with E-state index in [0.29, 0.717) is 19.3 Å². The molecule has 1 spiro atoms. The van der Waals surface area contributed by atoms with Gasteiger partial charge in [-0.1, -0.05) is 13.8 Å². The summed E-state index contributed by atoms with van der Waals surface area (Å²) in [5.74, 6) is -2.31. The molecule has 0 aromatic rings. The van der Waals surface area contributed by atoms with Crippen LogP contribution in [0.15, 0.2) is 0 Å². The zero-order valence-corrected chi connectivity index (χ0v) is 19.8. The van der Waals surface area contributed by atoms with Crippen LogP contribution in [0.1, 0.15) is 67.2 Å². The van der Waals surface area contributed by atoms with Gasteiger partial charge < -0.3 is 29.5 Å². The first kappa shape index (κ1) is 22.6. The van der Waals surface area contributed by atoms with Crippen LogP contribution in [0.4, 0.5) is 0 Å². The second kappa shape index (κ2) is 6.26. The topological polar surface area (TPSA) is 126 Å². The van der Waals surface area contributed by atoms with Crippen molar-refractivity contribution in [1.29, 1.82) is 0 Å². The van der Waals surface area contributed by atoms with Gasteiger partial charge >= 0.3 is 11.9 Å². The number of epoxide rings is 1. The lowest BCUT2D eigenvalue weighted by Crippen LogP contribution is -2.63. The molecule has 1 heterocycles. The first-order valence-electron chi connectivity index (χ1n) is 11.8. The molecule has 4 aliphatic carbocycles. The molecule has 1 aliphatic heterocycles.